The molecule has 1 aliphatic rings. The van der Waals surface area contributed by atoms with Crippen LogP contribution in [0, 0.1) is 0 Å². The maximum absolute atomic E-state index is 3.60. The molecule has 0 aliphatic carbocycles. The van der Waals surface area contributed by atoms with Crippen LogP contribution < -0.4 is 5.32 Å². The molecule has 0 radical (unpaired) electrons. The van der Waals surface area contributed by atoms with E-state index in [1.165, 1.54) is 16.5 Å². The number of nitrogens with zero attached hydrogens (tertiary/aromatic N) is 1. The van der Waals surface area contributed by atoms with Crippen LogP contribution in [0.1, 0.15) is 5.56 Å². The summed E-state index contributed by atoms with van der Waals surface area (Å²) < 4.78 is 0. The zero-order chi connectivity index (χ0) is 11.7. The summed E-state index contributed by atoms with van der Waals surface area (Å²) in [4.78, 5) is 5.75. The van der Waals surface area contributed by atoms with Crippen LogP contribution >= 0.6 is 0 Å². The van der Waals surface area contributed by atoms with E-state index in [1.54, 1.807) is 0 Å². The SMILES string of the molecule is CN1CCN[C@@H](Cc2c[nH]c3ccccc23)C1. The molecule has 1 aromatic carbocycles. The molecule has 90 valence electrons. The second-order valence-corrected chi connectivity index (χ2v) is 4.98. The molecule has 1 atom stereocenters. The third-order valence-electron chi connectivity index (χ3n) is 3.60. The van der Waals surface area contributed by atoms with Crippen molar-refractivity contribution in [2.24, 2.45) is 0 Å². The molecule has 1 aromatic heterocycles. The highest BCUT2D eigenvalue weighted by Gasteiger charge is 2.17. The Kier molecular flexibility index (Phi) is 2.87. The molecule has 0 bridgehead atoms. The summed E-state index contributed by atoms with van der Waals surface area (Å²) in [7, 11) is 2.20. The molecule has 1 saturated heterocycles. The normalized spacial score (nSPS) is 22.1. The van der Waals surface area contributed by atoms with Crippen LogP contribution in [0.25, 0.3) is 10.9 Å². The van der Waals surface area contributed by atoms with E-state index in [0.29, 0.717) is 6.04 Å². The van der Waals surface area contributed by atoms with E-state index in [2.05, 4.69) is 52.7 Å². The second kappa shape index (κ2) is 4.51. The number of hydrogen-bond donors (Lipinski definition) is 2. The Morgan fingerprint density at radius 1 is 1.35 bits per heavy atom. The fourth-order valence-electron chi connectivity index (χ4n) is 2.69. The number of fused-ring (bicyclic) bond motifs is 1. The number of rotatable bonds is 2. The fraction of sp³-hybridized carbons (Fsp3) is 0.429. The summed E-state index contributed by atoms with van der Waals surface area (Å²) in [5, 5.41) is 4.96. The number of H-pyrrole nitrogens is 1. The molecular weight excluding hydrogens is 210 g/mol. The lowest BCUT2D eigenvalue weighted by atomic mass is 10.0. The van der Waals surface area contributed by atoms with Gasteiger partial charge in [-0.15, -0.1) is 0 Å². The van der Waals surface area contributed by atoms with Crippen LogP contribution in [0.3, 0.4) is 0 Å². The monoisotopic (exact) mass is 229 g/mol. The molecule has 2 aromatic rings. The molecule has 3 rings (SSSR count). The molecule has 0 unspecified atom stereocenters. The minimum absolute atomic E-state index is 0.577. The van der Waals surface area contributed by atoms with Crippen molar-refractivity contribution < 1.29 is 0 Å². The van der Waals surface area contributed by atoms with Crippen LogP contribution in [0.2, 0.25) is 0 Å². The topological polar surface area (TPSA) is 31.1 Å². The largest absolute Gasteiger partial charge is 0.361 e. The van der Waals surface area contributed by atoms with Gasteiger partial charge in [-0.2, -0.15) is 0 Å². The maximum atomic E-state index is 3.60. The Balaban J connectivity index is 1.80. The number of piperazine rings is 1. The number of benzene rings is 1. The number of likely N-dealkylation sites (N-methyl/N-ethyl adjacent to an activating group) is 1. The summed E-state index contributed by atoms with van der Waals surface area (Å²) in [5.41, 5.74) is 2.67. The first kappa shape index (κ1) is 10.8. The molecule has 1 aliphatic heterocycles. The average Bonchev–Trinajstić information content (AvgIpc) is 2.73. The lowest BCUT2D eigenvalue weighted by molar-refractivity contribution is 0.238. The maximum Gasteiger partial charge on any atom is 0.0456 e. The minimum Gasteiger partial charge on any atom is -0.361 e. The molecular formula is C14H19N3. The van der Waals surface area contributed by atoms with Gasteiger partial charge in [-0.3, -0.25) is 0 Å². The molecule has 1 fully saturated rings. The van der Waals surface area contributed by atoms with Gasteiger partial charge in [0.1, 0.15) is 0 Å². The zero-order valence-corrected chi connectivity index (χ0v) is 10.2. The van der Waals surface area contributed by atoms with Crippen molar-refractivity contribution in [3.8, 4) is 0 Å². The molecule has 0 saturated carbocycles. The number of nitrogens with one attached hydrogen (secondary N) is 2. The third kappa shape index (κ3) is 2.21. The van der Waals surface area contributed by atoms with E-state index in [4.69, 9.17) is 0 Å². The highest BCUT2D eigenvalue weighted by molar-refractivity contribution is 5.83. The van der Waals surface area contributed by atoms with E-state index >= 15 is 0 Å². The summed E-state index contributed by atoms with van der Waals surface area (Å²) in [5.74, 6) is 0. The van der Waals surface area contributed by atoms with Crippen LogP contribution in [0.5, 0.6) is 0 Å². The van der Waals surface area contributed by atoms with Gasteiger partial charge < -0.3 is 15.2 Å². The third-order valence-corrected chi connectivity index (χ3v) is 3.60. The zero-order valence-electron chi connectivity index (χ0n) is 10.2. The van der Waals surface area contributed by atoms with E-state index < -0.39 is 0 Å². The molecule has 0 amide bonds. The highest BCUT2D eigenvalue weighted by Crippen LogP contribution is 2.19. The van der Waals surface area contributed by atoms with E-state index in [9.17, 15) is 0 Å². The second-order valence-electron chi connectivity index (χ2n) is 4.98. The smallest absolute Gasteiger partial charge is 0.0456 e. The number of para-hydroxylation sites is 1. The van der Waals surface area contributed by atoms with Gasteiger partial charge in [0.2, 0.25) is 0 Å². The van der Waals surface area contributed by atoms with Crippen LogP contribution in [-0.4, -0.2) is 42.6 Å². The van der Waals surface area contributed by atoms with Crippen LogP contribution in [-0.2, 0) is 6.42 Å². The fourth-order valence-corrected chi connectivity index (χ4v) is 2.69. The standard InChI is InChI=1S/C14H19N3/c1-17-7-6-15-12(10-17)8-11-9-16-14-5-3-2-4-13(11)14/h2-5,9,12,15-16H,6-8,10H2,1H3/t12-/m0/s1. The van der Waals surface area contributed by atoms with Crippen molar-refractivity contribution in [3.05, 3.63) is 36.0 Å². The Bertz CT molecular complexity index is 503. The van der Waals surface area contributed by atoms with Crippen molar-refractivity contribution in [3.63, 3.8) is 0 Å². The van der Waals surface area contributed by atoms with Gasteiger partial charge in [-0.25, -0.2) is 0 Å². The molecule has 2 N–H and O–H groups in total. The molecule has 3 nitrogen and oxygen atoms in total. The van der Waals surface area contributed by atoms with Gasteiger partial charge in [0.15, 0.2) is 0 Å². The van der Waals surface area contributed by atoms with Gasteiger partial charge >= 0.3 is 0 Å². The number of aromatic nitrogens is 1. The first-order valence-electron chi connectivity index (χ1n) is 6.30. The first-order valence-corrected chi connectivity index (χ1v) is 6.30. The molecule has 2 heterocycles. The highest BCUT2D eigenvalue weighted by atomic mass is 15.2. The van der Waals surface area contributed by atoms with E-state index in [-0.39, 0.29) is 0 Å². The van der Waals surface area contributed by atoms with E-state index in [1.807, 2.05) is 0 Å². The minimum atomic E-state index is 0.577. The Morgan fingerprint density at radius 2 is 2.24 bits per heavy atom. The van der Waals surface area contributed by atoms with Crippen molar-refractivity contribution in [2.75, 3.05) is 26.7 Å². The summed E-state index contributed by atoms with van der Waals surface area (Å²) in [6.07, 6.45) is 3.26. The van der Waals surface area contributed by atoms with E-state index in [0.717, 1.165) is 26.1 Å². The van der Waals surface area contributed by atoms with Crippen molar-refractivity contribution in [2.45, 2.75) is 12.5 Å². The average molecular weight is 229 g/mol. The quantitative estimate of drug-likeness (QED) is 0.820. The molecule has 0 spiro atoms. The van der Waals surface area contributed by atoms with Gasteiger partial charge in [-0.05, 0) is 25.1 Å². The van der Waals surface area contributed by atoms with Gasteiger partial charge in [0.25, 0.3) is 0 Å². The summed E-state index contributed by atoms with van der Waals surface area (Å²) in [6, 6.07) is 9.11. The summed E-state index contributed by atoms with van der Waals surface area (Å²) >= 11 is 0. The van der Waals surface area contributed by atoms with Crippen LogP contribution in [0.15, 0.2) is 30.5 Å². The van der Waals surface area contributed by atoms with Gasteiger partial charge in [0.05, 0.1) is 0 Å². The predicted molar refractivity (Wildman–Crippen MR) is 71.3 cm³/mol. The predicted octanol–water partition coefficient (Wildman–Crippen LogP) is 1.61. The lowest BCUT2D eigenvalue weighted by Gasteiger charge is -2.30. The molecule has 17 heavy (non-hydrogen) atoms. The van der Waals surface area contributed by atoms with Crippen LogP contribution in [0.4, 0.5) is 0 Å². The Hall–Kier alpha value is -1.32. The van der Waals surface area contributed by atoms with Gasteiger partial charge in [-0.1, -0.05) is 18.2 Å². The Labute approximate surface area is 102 Å². The lowest BCUT2D eigenvalue weighted by Crippen LogP contribution is -2.49. The molecule has 3 heteroatoms. The number of aromatic amines is 1. The summed E-state index contributed by atoms with van der Waals surface area (Å²) in [6.45, 7) is 3.40. The van der Waals surface area contributed by atoms with Crippen molar-refractivity contribution >= 4 is 10.9 Å². The first-order chi connectivity index (χ1) is 8.33. The van der Waals surface area contributed by atoms with Crippen molar-refractivity contribution in [1.29, 1.82) is 0 Å². The van der Waals surface area contributed by atoms with Crippen molar-refractivity contribution in [1.82, 2.24) is 15.2 Å². The van der Waals surface area contributed by atoms with Gasteiger partial charge in [0, 0.05) is 42.8 Å². The Morgan fingerprint density at radius 3 is 3.12 bits per heavy atom. The number of hydrogen-bond acceptors (Lipinski definition) is 2.